The fourth-order valence-electron chi connectivity index (χ4n) is 3.07. The van der Waals surface area contributed by atoms with Crippen LogP contribution in [0.1, 0.15) is 35.7 Å². The van der Waals surface area contributed by atoms with E-state index in [0.717, 1.165) is 11.8 Å². The molecule has 0 unspecified atom stereocenters. The predicted molar refractivity (Wildman–Crippen MR) is 123 cm³/mol. The van der Waals surface area contributed by atoms with Crippen molar-refractivity contribution in [3.05, 3.63) is 52.5 Å². The maximum atomic E-state index is 12.6. The lowest BCUT2D eigenvalue weighted by Gasteiger charge is -2.13. The van der Waals surface area contributed by atoms with Gasteiger partial charge < -0.3 is 15.2 Å². The summed E-state index contributed by atoms with van der Waals surface area (Å²) in [7, 11) is 0. The van der Waals surface area contributed by atoms with Gasteiger partial charge in [-0.1, -0.05) is 29.8 Å². The molecule has 2 amide bonds. The van der Waals surface area contributed by atoms with E-state index in [-0.39, 0.29) is 27.9 Å². The minimum Gasteiger partial charge on any atom is -0.504 e. The highest BCUT2D eigenvalue weighted by Gasteiger charge is 2.29. The van der Waals surface area contributed by atoms with Crippen molar-refractivity contribution >= 4 is 52.5 Å². The third-order valence-electron chi connectivity index (χ3n) is 4.74. The molecule has 1 heterocycles. The van der Waals surface area contributed by atoms with Gasteiger partial charge >= 0.3 is 0 Å². The van der Waals surface area contributed by atoms with Gasteiger partial charge in [-0.3, -0.25) is 15.0 Å². The number of carbonyl (C=O) groups is 3. The smallest absolute Gasteiger partial charge is 0.296 e. The molecule has 0 aromatic heterocycles. The van der Waals surface area contributed by atoms with Crippen LogP contribution in [0.5, 0.6) is 5.75 Å². The normalized spacial score (nSPS) is 14.5. The Morgan fingerprint density at radius 1 is 1.25 bits per heavy atom. The van der Waals surface area contributed by atoms with Gasteiger partial charge in [-0.25, -0.2) is 5.01 Å². The van der Waals surface area contributed by atoms with Gasteiger partial charge in [0.05, 0.1) is 11.4 Å². The van der Waals surface area contributed by atoms with E-state index in [1.165, 1.54) is 17.1 Å². The Hall–Kier alpha value is -3.72. The quantitative estimate of drug-likeness (QED) is 0.243. The summed E-state index contributed by atoms with van der Waals surface area (Å²) < 4.78 is 0. The van der Waals surface area contributed by atoms with E-state index in [4.69, 9.17) is 11.6 Å². The van der Waals surface area contributed by atoms with Crippen molar-refractivity contribution in [3.8, 4) is 5.75 Å². The summed E-state index contributed by atoms with van der Waals surface area (Å²) in [6.45, 7) is 3.73. The molecule has 0 radical (unpaired) electrons. The summed E-state index contributed by atoms with van der Waals surface area (Å²) in [5, 5.41) is 23.0. The zero-order valence-electron chi connectivity index (χ0n) is 17.6. The number of phenolic OH excluding ortho intramolecular Hbond substituents is 1. The molecule has 1 aliphatic heterocycles. The average Bonchev–Trinajstić information content (AvgIpc) is 3.02. The first-order chi connectivity index (χ1) is 15.3. The number of nitrogens with zero attached hydrogens (tertiary/aromatic N) is 3. The number of halogens is 1. The lowest BCUT2D eigenvalue weighted by Crippen LogP contribution is -2.29. The van der Waals surface area contributed by atoms with Crippen LogP contribution in [0.2, 0.25) is 5.02 Å². The van der Waals surface area contributed by atoms with Crippen molar-refractivity contribution in [1.82, 2.24) is 5.01 Å². The molecule has 9 nitrogen and oxygen atoms in total. The Morgan fingerprint density at radius 3 is 2.69 bits per heavy atom. The van der Waals surface area contributed by atoms with Gasteiger partial charge in [0.15, 0.2) is 11.5 Å². The van der Waals surface area contributed by atoms with Crippen LogP contribution < -0.4 is 10.7 Å². The number of phenols is 1. The number of hydrazone groups is 2. The highest BCUT2D eigenvalue weighted by molar-refractivity contribution is 6.68. The van der Waals surface area contributed by atoms with Crippen molar-refractivity contribution < 1.29 is 19.5 Å². The number of hydrogen-bond donors (Lipinski definition) is 3. The van der Waals surface area contributed by atoms with E-state index in [9.17, 15) is 19.5 Å². The third kappa shape index (κ3) is 5.12. The van der Waals surface area contributed by atoms with Crippen molar-refractivity contribution in [2.75, 3.05) is 17.3 Å². The number of benzene rings is 2. The van der Waals surface area contributed by atoms with E-state index < -0.39 is 11.8 Å². The SMILES string of the molecule is CC1=NN(CCCC=O)C(=O)/C1=N\Nc1cc(Cl)cc(NC(=O)c2ccccc2C)c1O. The van der Waals surface area contributed by atoms with Crippen LogP contribution in [0, 0.1) is 6.92 Å². The summed E-state index contributed by atoms with van der Waals surface area (Å²) in [5.41, 5.74) is 4.52. The monoisotopic (exact) mass is 455 g/mol. The van der Waals surface area contributed by atoms with Crippen LogP contribution >= 0.6 is 11.6 Å². The van der Waals surface area contributed by atoms with E-state index in [1.54, 1.807) is 32.0 Å². The lowest BCUT2D eigenvalue weighted by molar-refractivity contribution is -0.123. The summed E-state index contributed by atoms with van der Waals surface area (Å²) in [6, 6.07) is 9.87. The Balaban J connectivity index is 1.78. The van der Waals surface area contributed by atoms with Crippen LogP contribution in [0.3, 0.4) is 0 Å². The molecule has 166 valence electrons. The van der Waals surface area contributed by atoms with Crippen LogP contribution in [0.15, 0.2) is 46.6 Å². The molecule has 2 aromatic rings. The number of aldehydes is 1. The minimum absolute atomic E-state index is 0.0703. The number of rotatable bonds is 8. The molecule has 0 saturated heterocycles. The van der Waals surface area contributed by atoms with E-state index >= 15 is 0 Å². The minimum atomic E-state index is -0.421. The first-order valence-electron chi connectivity index (χ1n) is 9.86. The summed E-state index contributed by atoms with van der Waals surface area (Å²) in [6.07, 6.45) is 1.60. The second-order valence-electron chi connectivity index (χ2n) is 7.11. The number of aryl methyl sites for hydroxylation is 1. The van der Waals surface area contributed by atoms with E-state index in [0.29, 0.717) is 30.7 Å². The van der Waals surface area contributed by atoms with Crippen LogP contribution in [0.25, 0.3) is 0 Å². The average molecular weight is 456 g/mol. The van der Waals surface area contributed by atoms with Crippen LogP contribution in [-0.4, -0.2) is 46.2 Å². The first kappa shape index (κ1) is 23.0. The zero-order chi connectivity index (χ0) is 23.3. The standard InChI is InChI=1S/C22H22ClN5O4/c1-13-7-3-4-8-16(13)21(31)24-17-11-15(23)12-18(20(17)30)25-26-19-14(2)27-28(22(19)32)9-5-6-10-29/h3-4,7-8,10-12,25,30H,5-6,9H2,1-2H3,(H,24,31)/b26-19-. The second kappa shape index (κ2) is 10.1. The number of anilines is 2. The largest absolute Gasteiger partial charge is 0.504 e. The first-order valence-corrected chi connectivity index (χ1v) is 10.2. The molecular weight excluding hydrogens is 434 g/mol. The molecule has 3 rings (SSSR count). The van der Waals surface area contributed by atoms with Gasteiger partial charge in [-0.2, -0.15) is 10.2 Å². The van der Waals surface area contributed by atoms with Gasteiger partial charge in [-0.05, 0) is 44.0 Å². The van der Waals surface area contributed by atoms with Crippen LogP contribution in [-0.2, 0) is 9.59 Å². The Kier molecular flexibility index (Phi) is 7.21. The molecule has 0 atom stereocenters. The van der Waals surface area contributed by atoms with Crippen molar-refractivity contribution in [2.24, 2.45) is 10.2 Å². The van der Waals surface area contributed by atoms with Crippen LogP contribution in [0.4, 0.5) is 11.4 Å². The van der Waals surface area contributed by atoms with Gasteiger partial charge in [0.2, 0.25) is 0 Å². The lowest BCUT2D eigenvalue weighted by atomic mass is 10.1. The highest BCUT2D eigenvalue weighted by Crippen LogP contribution is 2.36. The molecule has 0 bridgehead atoms. The van der Waals surface area contributed by atoms with Gasteiger partial charge in [0, 0.05) is 23.6 Å². The summed E-state index contributed by atoms with van der Waals surface area (Å²) in [4.78, 5) is 35.6. The molecule has 0 aliphatic carbocycles. The number of carbonyl (C=O) groups excluding carboxylic acids is 3. The van der Waals surface area contributed by atoms with Crippen molar-refractivity contribution in [2.45, 2.75) is 26.7 Å². The number of aromatic hydroxyl groups is 1. The van der Waals surface area contributed by atoms with Crippen molar-refractivity contribution in [1.29, 1.82) is 0 Å². The maximum Gasteiger partial charge on any atom is 0.296 e. The Bertz CT molecular complexity index is 1130. The number of amides is 2. The summed E-state index contributed by atoms with van der Waals surface area (Å²) >= 11 is 6.15. The number of hydrogen-bond acceptors (Lipinski definition) is 7. The molecule has 3 N–H and O–H groups in total. The molecule has 1 aliphatic rings. The molecule has 0 fully saturated rings. The Morgan fingerprint density at radius 2 is 1.97 bits per heavy atom. The molecule has 0 saturated carbocycles. The zero-order valence-corrected chi connectivity index (χ0v) is 18.3. The molecular formula is C22H22ClN5O4. The number of nitrogens with one attached hydrogen (secondary N) is 2. The maximum absolute atomic E-state index is 12.6. The molecule has 32 heavy (non-hydrogen) atoms. The highest BCUT2D eigenvalue weighted by atomic mass is 35.5. The third-order valence-corrected chi connectivity index (χ3v) is 4.96. The van der Waals surface area contributed by atoms with E-state index in [2.05, 4.69) is 20.9 Å². The fraction of sp³-hybridized carbons (Fsp3) is 0.227. The fourth-order valence-corrected chi connectivity index (χ4v) is 3.29. The molecule has 10 heteroatoms. The van der Waals surface area contributed by atoms with E-state index in [1.807, 2.05) is 6.07 Å². The molecule has 2 aromatic carbocycles. The van der Waals surface area contributed by atoms with Gasteiger partial charge in [0.1, 0.15) is 12.0 Å². The topological polar surface area (TPSA) is 123 Å². The molecule has 0 spiro atoms. The van der Waals surface area contributed by atoms with Gasteiger partial charge in [-0.15, -0.1) is 0 Å². The Labute approximate surface area is 189 Å². The number of unbranched alkanes of at least 4 members (excludes halogenated alkanes) is 1. The van der Waals surface area contributed by atoms with Gasteiger partial charge in [0.25, 0.3) is 11.8 Å². The van der Waals surface area contributed by atoms with Crippen molar-refractivity contribution in [3.63, 3.8) is 0 Å². The predicted octanol–water partition coefficient (Wildman–Crippen LogP) is 3.57. The summed E-state index contributed by atoms with van der Waals surface area (Å²) in [5.74, 6) is -1.11. The second-order valence-corrected chi connectivity index (χ2v) is 7.55.